The van der Waals surface area contributed by atoms with E-state index in [1.165, 1.54) is 30.3 Å². The van der Waals surface area contributed by atoms with E-state index in [-0.39, 0.29) is 21.8 Å². The molecule has 32 heavy (non-hydrogen) atoms. The second-order valence-electron chi connectivity index (χ2n) is 7.17. The van der Waals surface area contributed by atoms with E-state index < -0.39 is 20.9 Å². The van der Waals surface area contributed by atoms with Crippen LogP contribution < -0.4 is 10.0 Å². The van der Waals surface area contributed by atoms with E-state index in [9.17, 15) is 23.3 Å². The van der Waals surface area contributed by atoms with Crippen molar-refractivity contribution in [3.05, 3.63) is 81.7 Å². The van der Waals surface area contributed by atoms with Gasteiger partial charge < -0.3 is 5.32 Å². The van der Waals surface area contributed by atoms with Crippen LogP contribution in [0.3, 0.4) is 0 Å². The van der Waals surface area contributed by atoms with Gasteiger partial charge in [-0.3, -0.25) is 24.3 Å². The van der Waals surface area contributed by atoms with Crippen LogP contribution in [-0.2, 0) is 16.6 Å². The quantitative estimate of drug-likeness (QED) is 0.288. The highest BCUT2D eigenvalue weighted by atomic mass is 32.2. The van der Waals surface area contributed by atoms with Crippen LogP contribution in [0.15, 0.2) is 59.5 Å². The molecule has 1 amide bonds. The zero-order chi connectivity index (χ0) is 23.3. The number of amides is 1. The normalized spacial score (nSPS) is 11.2. The van der Waals surface area contributed by atoms with Gasteiger partial charge in [0, 0.05) is 30.9 Å². The fourth-order valence-electron chi connectivity index (χ4n) is 3.17. The smallest absolute Gasteiger partial charge is 0.270 e. The lowest BCUT2D eigenvalue weighted by Crippen LogP contribution is -2.27. The average Bonchev–Trinajstić information content (AvgIpc) is 3.08. The van der Waals surface area contributed by atoms with Crippen LogP contribution in [0.2, 0.25) is 0 Å². The van der Waals surface area contributed by atoms with Gasteiger partial charge in [-0.1, -0.05) is 18.2 Å². The molecule has 0 atom stereocenters. The summed E-state index contributed by atoms with van der Waals surface area (Å²) in [7, 11) is -4.14. The first kappa shape index (κ1) is 22.9. The molecule has 0 unspecified atom stereocenters. The van der Waals surface area contributed by atoms with Crippen LogP contribution in [0.25, 0.3) is 0 Å². The van der Waals surface area contributed by atoms with Crippen LogP contribution in [0, 0.1) is 24.0 Å². The Morgan fingerprint density at radius 2 is 1.88 bits per heavy atom. The molecule has 0 saturated carbocycles. The van der Waals surface area contributed by atoms with Gasteiger partial charge in [0.15, 0.2) is 0 Å². The molecule has 2 N–H and O–H groups in total. The Hall–Kier alpha value is -3.73. The molecule has 3 rings (SSSR count). The molecule has 0 spiro atoms. The number of rotatable bonds is 9. The van der Waals surface area contributed by atoms with E-state index in [1.807, 2.05) is 24.6 Å². The van der Waals surface area contributed by atoms with Crippen molar-refractivity contribution in [1.82, 2.24) is 15.1 Å². The van der Waals surface area contributed by atoms with E-state index in [0.717, 1.165) is 17.5 Å². The number of aryl methyl sites for hydroxylation is 3. The van der Waals surface area contributed by atoms with Crippen LogP contribution in [0.1, 0.15) is 28.2 Å². The van der Waals surface area contributed by atoms with Crippen LogP contribution in [0.4, 0.5) is 11.4 Å². The Bertz CT molecular complexity index is 1250. The summed E-state index contributed by atoms with van der Waals surface area (Å²) < 4.78 is 29.7. The Labute approximate surface area is 185 Å². The molecule has 10 nitrogen and oxygen atoms in total. The maximum Gasteiger partial charge on any atom is 0.270 e. The monoisotopic (exact) mass is 457 g/mol. The standard InChI is InChI=1S/C21H23N5O5S/c1-15-13-16(2)25(23-15)12-6-11-22-21(27)19-9-3-4-10-20(19)24-32(30,31)18-8-5-7-17(14-18)26(28)29/h3-5,7-10,13-14,24H,6,11-12H2,1-2H3,(H,22,27). The number of sulfonamides is 1. The van der Waals surface area contributed by atoms with Crippen LogP contribution >= 0.6 is 0 Å². The number of nitrogens with zero attached hydrogens (tertiary/aromatic N) is 3. The molecular weight excluding hydrogens is 434 g/mol. The fourth-order valence-corrected chi connectivity index (χ4v) is 4.28. The van der Waals surface area contributed by atoms with Crippen molar-refractivity contribution in [2.45, 2.75) is 31.7 Å². The topological polar surface area (TPSA) is 136 Å². The van der Waals surface area contributed by atoms with Gasteiger partial charge in [-0.15, -0.1) is 0 Å². The lowest BCUT2D eigenvalue weighted by Gasteiger charge is -2.13. The van der Waals surface area contributed by atoms with Gasteiger partial charge in [-0.25, -0.2) is 8.42 Å². The molecule has 3 aromatic rings. The second-order valence-corrected chi connectivity index (χ2v) is 8.85. The molecule has 0 saturated heterocycles. The maximum atomic E-state index is 12.7. The number of nitro benzene ring substituents is 1. The molecular formula is C21H23N5O5S. The number of nitrogens with one attached hydrogen (secondary N) is 2. The molecule has 1 heterocycles. The molecule has 11 heteroatoms. The minimum Gasteiger partial charge on any atom is -0.352 e. The summed E-state index contributed by atoms with van der Waals surface area (Å²) in [5.74, 6) is -0.435. The van der Waals surface area contributed by atoms with Crippen molar-refractivity contribution in [2.24, 2.45) is 0 Å². The van der Waals surface area contributed by atoms with Gasteiger partial charge in [0.05, 0.1) is 26.8 Å². The van der Waals surface area contributed by atoms with Crippen molar-refractivity contribution < 1.29 is 18.1 Å². The Morgan fingerprint density at radius 3 is 2.56 bits per heavy atom. The SMILES string of the molecule is Cc1cc(C)n(CCCNC(=O)c2ccccc2NS(=O)(=O)c2cccc([N+](=O)[O-])c2)n1. The van der Waals surface area contributed by atoms with E-state index in [4.69, 9.17) is 0 Å². The number of hydrogen-bond acceptors (Lipinski definition) is 6. The molecule has 0 fully saturated rings. The summed E-state index contributed by atoms with van der Waals surface area (Å²) in [5.41, 5.74) is 1.84. The summed E-state index contributed by atoms with van der Waals surface area (Å²) in [6, 6.07) is 12.8. The second kappa shape index (κ2) is 9.60. The summed E-state index contributed by atoms with van der Waals surface area (Å²) in [6.45, 7) is 4.89. The minimum atomic E-state index is -4.14. The van der Waals surface area contributed by atoms with Gasteiger partial charge in [0.1, 0.15) is 0 Å². The fraction of sp³-hybridized carbons (Fsp3) is 0.238. The zero-order valence-electron chi connectivity index (χ0n) is 17.6. The highest BCUT2D eigenvalue weighted by molar-refractivity contribution is 7.92. The van der Waals surface area contributed by atoms with Gasteiger partial charge in [-0.05, 0) is 44.5 Å². The number of nitro groups is 1. The molecule has 2 aromatic carbocycles. The molecule has 1 aromatic heterocycles. The molecule has 0 aliphatic rings. The molecule has 0 aliphatic heterocycles. The van der Waals surface area contributed by atoms with Crippen LogP contribution in [0.5, 0.6) is 0 Å². The van der Waals surface area contributed by atoms with E-state index >= 15 is 0 Å². The third-order valence-electron chi connectivity index (χ3n) is 4.69. The highest BCUT2D eigenvalue weighted by Crippen LogP contribution is 2.22. The number of anilines is 1. The van der Waals surface area contributed by atoms with E-state index in [1.54, 1.807) is 12.1 Å². The Morgan fingerprint density at radius 1 is 1.12 bits per heavy atom. The lowest BCUT2D eigenvalue weighted by molar-refractivity contribution is -0.385. The summed E-state index contributed by atoms with van der Waals surface area (Å²) in [6.07, 6.45) is 0.648. The molecule has 0 bridgehead atoms. The first-order valence-electron chi connectivity index (χ1n) is 9.83. The molecule has 168 valence electrons. The van der Waals surface area contributed by atoms with E-state index in [0.29, 0.717) is 19.5 Å². The Balaban J connectivity index is 1.68. The number of non-ortho nitro benzene ring substituents is 1. The maximum absolute atomic E-state index is 12.7. The van der Waals surface area contributed by atoms with Crippen molar-refractivity contribution in [2.75, 3.05) is 11.3 Å². The number of benzene rings is 2. The number of carbonyl (C=O) groups is 1. The third-order valence-corrected chi connectivity index (χ3v) is 6.05. The first-order valence-corrected chi connectivity index (χ1v) is 11.3. The van der Waals surface area contributed by atoms with Crippen LogP contribution in [-0.4, -0.2) is 35.6 Å². The van der Waals surface area contributed by atoms with E-state index in [2.05, 4.69) is 15.1 Å². The van der Waals surface area contributed by atoms with Crippen molar-refractivity contribution in [3.8, 4) is 0 Å². The third kappa shape index (κ3) is 5.49. The summed E-state index contributed by atoms with van der Waals surface area (Å²) in [5, 5.41) is 18.1. The predicted molar refractivity (Wildman–Crippen MR) is 119 cm³/mol. The largest absolute Gasteiger partial charge is 0.352 e. The Kier molecular flexibility index (Phi) is 6.89. The first-order chi connectivity index (χ1) is 15.2. The van der Waals surface area contributed by atoms with Crippen molar-refractivity contribution in [3.63, 3.8) is 0 Å². The number of carbonyl (C=O) groups excluding carboxylic acids is 1. The summed E-state index contributed by atoms with van der Waals surface area (Å²) >= 11 is 0. The van der Waals surface area contributed by atoms with Gasteiger partial charge in [-0.2, -0.15) is 5.10 Å². The number of hydrogen-bond donors (Lipinski definition) is 2. The highest BCUT2D eigenvalue weighted by Gasteiger charge is 2.20. The van der Waals surface area contributed by atoms with Gasteiger partial charge >= 0.3 is 0 Å². The van der Waals surface area contributed by atoms with Crippen molar-refractivity contribution >= 4 is 27.3 Å². The van der Waals surface area contributed by atoms with Gasteiger partial charge in [0.25, 0.3) is 21.6 Å². The van der Waals surface area contributed by atoms with Gasteiger partial charge in [0.2, 0.25) is 0 Å². The summed E-state index contributed by atoms with van der Waals surface area (Å²) in [4.78, 5) is 22.7. The molecule has 0 aliphatic carbocycles. The predicted octanol–water partition coefficient (Wildman–Crippen LogP) is 3.03. The number of para-hydroxylation sites is 1. The minimum absolute atomic E-state index is 0.0788. The number of aromatic nitrogens is 2. The average molecular weight is 458 g/mol. The molecule has 0 radical (unpaired) electrons. The zero-order valence-corrected chi connectivity index (χ0v) is 18.4. The lowest BCUT2D eigenvalue weighted by atomic mass is 10.1. The van der Waals surface area contributed by atoms with Crippen molar-refractivity contribution in [1.29, 1.82) is 0 Å².